The number of anilines is 3. The minimum Gasteiger partial charge on any atom is -0.357 e. The third-order valence-corrected chi connectivity index (χ3v) is 3.13. The Balaban J connectivity index is 2.36. The standard InChI is InChI=1S/C15H18F2N4/c1-4-21(5-2)14-9-13(18-10(3)19-14)20-15-11(16)7-6-8-12(15)17/h6-9H,4-5H2,1-3H3,(H,18,19,20). The van der Waals surface area contributed by atoms with Crippen LogP contribution in [0.1, 0.15) is 19.7 Å². The van der Waals surface area contributed by atoms with Crippen molar-refractivity contribution in [1.82, 2.24) is 9.97 Å². The third kappa shape index (κ3) is 3.45. The molecule has 0 radical (unpaired) electrons. The van der Waals surface area contributed by atoms with Gasteiger partial charge in [-0.15, -0.1) is 0 Å². The lowest BCUT2D eigenvalue weighted by Crippen LogP contribution is -2.23. The Bertz CT molecular complexity index is 607. The zero-order chi connectivity index (χ0) is 15.4. The fourth-order valence-corrected chi connectivity index (χ4v) is 2.07. The second kappa shape index (κ2) is 6.47. The Morgan fingerprint density at radius 1 is 1.10 bits per heavy atom. The molecule has 0 atom stereocenters. The molecule has 112 valence electrons. The van der Waals surface area contributed by atoms with Crippen LogP contribution in [-0.4, -0.2) is 23.1 Å². The second-order valence-corrected chi connectivity index (χ2v) is 4.55. The van der Waals surface area contributed by atoms with E-state index >= 15 is 0 Å². The van der Waals surface area contributed by atoms with E-state index in [1.54, 1.807) is 13.0 Å². The zero-order valence-electron chi connectivity index (χ0n) is 12.3. The Hall–Kier alpha value is -2.24. The highest BCUT2D eigenvalue weighted by Gasteiger charge is 2.12. The molecular weight excluding hydrogens is 274 g/mol. The summed E-state index contributed by atoms with van der Waals surface area (Å²) in [6, 6.07) is 5.41. The molecular formula is C15H18F2N4. The first kappa shape index (κ1) is 15.2. The molecule has 4 nitrogen and oxygen atoms in total. The van der Waals surface area contributed by atoms with Crippen molar-refractivity contribution in [3.63, 3.8) is 0 Å². The lowest BCUT2D eigenvalue weighted by Gasteiger charge is -2.20. The van der Waals surface area contributed by atoms with E-state index in [1.807, 2.05) is 18.7 Å². The maximum atomic E-state index is 13.7. The van der Waals surface area contributed by atoms with E-state index in [-0.39, 0.29) is 5.69 Å². The van der Waals surface area contributed by atoms with Crippen LogP contribution in [0.25, 0.3) is 0 Å². The van der Waals surface area contributed by atoms with Crippen LogP contribution in [0.2, 0.25) is 0 Å². The van der Waals surface area contributed by atoms with Crippen molar-refractivity contribution in [2.24, 2.45) is 0 Å². The number of aromatic nitrogens is 2. The van der Waals surface area contributed by atoms with E-state index in [4.69, 9.17) is 0 Å². The molecule has 0 amide bonds. The largest absolute Gasteiger partial charge is 0.357 e. The van der Waals surface area contributed by atoms with Crippen molar-refractivity contribution >= 4 is 17.3 Å². The average molecular weight is 292 g/mol. The summed E-state index contributed by atoms with van der Waals surface area (Å²) in [6.07, 6.45) is 0. The highest BCUT2D eigenvalue weighted by molar-refractivity contribution is 5.60. The summed E-state index contributed by atoms with van der Waals surface area (Å²) in [4.78, 5) is 10.6. The SMILES string of the molecule is CCN(CC)c1cc(Nc2c(F)cccc2F)nc(C)n1. The van der Waals surface area contributed by atoms with Gasteiger partial charge in [-0.2, -0.15) is 0 Å². The molecule has 1 aromatic heterocycles. The maximum Gasteiger partial charge on any atom is 0.149 e. The molecule has 1 heterocycles. The number of nitrogens with zero attached hydrogens (tertiary/aromatic N) is 3. The molecule has 6 heteroatoms. The van der Waals surface area contributed by atoms with Crippen molar-refractivity contribution in [2.45, 2.75) is 20.8 Å². The molecule has 0 aliphatic rings. The normalized spacial score (nSPS) is 10.5. The molecule has 2 aromatic rings. The van der Waals surface area contributed by atoms with Gasteiger partial charge in [0, 0.05) is 19.2 Å². The number of hydrogen-bond donors (Lipinski definition) is 1. The van der Waals surface area contributed by atoms with Gasteiger partial charge in [0.2, 0.25) is 0 Å². The fourth-order valence-electron chi connectivity index (χ4n) is 2.07. The molecule has 0 saturated carbocycles. The Labute approximate surface area is 122 Å². The molecule has 0 spiro atoms. The van der Waals surface area contributed by atoms with Gasteiger partial charge < -0.3 is 10.2 Å². The van der Waals surface area contributed by atoms with Crippen molar-refractivity contribution in [2.75, 3.05) is 23.3 Å². The molecule has 0 aliphatic heterocycles. The van der Waals surface area contributed by atoms with Crippen molar-refractivity contribution < 1.29 is 8.78 Å². The molecule has 0 saturated heterocycles. The number of rotatable bonds is 5. The monoisotopic (exact) mass is 292 g/mol. The summed E-state index contributed by atoms with van der Waals surface area (Å²) in [5, 5.41) is 2.70. The number of benzene rings is 1. The molecule has 21 heavy (non-hydrogen) atoms. The first-order chi connectivity index (χ1) is 10.0. The topological polar surface area (TPSA) is 41.0 Å². The Morgan fingerprint density at radius 2 is 1.71 bits per heavy atom. The van der Waals surface area contributed by atoms with Gasteiger partial charge in [-0.25, -0.2) is 18.7 Å². The molecule has 1 N–H and O–H groups in total. The van der Waals surface area contributed by atoms with Gasteiger partial charge >= 0.3 is 0 Å². The lowest BCUT2D eigenvalue weighted by atomic mass is 10.3. The maximum absolute atomic E-state index is 13.7. The molecule has 0 unspecified atom stereocenters. The first-order valence-electron chi connectivity index (χ1n) is 6.86. The van der Waals surface area contributed by atoms with Crippen LogP contribution in [0.4, 0.5) is 26.1 Å². The van der Waals surface area contributed by atoms with E-state index in [2.05, 4.69) is 15.3 Å². The molecule has 2 rings (SSSR count). The number of halogens is 2. The number of para-hydroxylation sites is 1. The predicted molar refractivity (Wildman–Crippen MR) is 80.0 cm³/mol. The van der Waals surface area contributed by atoms with Gasteiger partial charge in [0.05, 0.1) is 0 Å². The van der Waals surface area contributed by atoms with Crippen LogP contribution in [0, 0.1) is 18.6 Å². The summed E-state index contributed by atoms with van der Waals surface area (Å²) >= 11 is 0. The predicted octanol–water partition coefficient (Wildman–Crippen LogP) is 3.65. The van der Waals surface area contributed by atoms with Crippen molar-refractivity contribution in [3.05, 3.63) is 41.7 Å². The van der Waals surface area contributed by atoms with E-state index in [9.17, 15) is 8.78 Å². The summed E-state index contributed by atoms with van der Waals surface area (Å²) in [7, 11) is 0. The van der Waals surface area contributed by atoms with Gasteiger partial charge in [0.15, 0.2) is 0 Å². The molecule has 0 bridgehead atoms. The van der Waals surface area contributed by atoms with E-state index in [0.29, 0.717) is 11.6 Å². The quantitative estimate of drug-likeness (QED) is 0.913. The van der Waals surface area contributed by atoms with Gasteiger partial charge in [-0.05, 0) is 32.9 Å². The number of nitrogens with one attached hydrogen (secondary N) is 1. The van der Waals surface area contributed by atoms with Crippen molar-refractivity contribution in [3.8, 4) is 0 Å². The summed E-state index contributed by atoms with van der Waals surface area (Å²) in [6.45, 7) is 7.37. The van der Waals surface area contributed by atoms with Gasteiger partial charge in [-0.1, -0.05) is 6.07 Å². The summed E-state index contributed by atoms with van der Waals surface area (Å²) in [5.74, 6) is 0.324. The second-order valence-electron chi connectivity index (χ2n) is 4.55. The van der Waals surface area contributed by atoms with Crippen LogP contribution in [0.15, 0.2) is 24.3 Å². The van der Waals surface area contributed by atoms with Gasteiger partial charge in [0.25, 0.3) is 0 Å². The third-order valence-electron chi connectivity index (χ3n) is 3.13. The highest BCUT2D eigenvalue weighted by Crippen LogP contribution is 2.24. The van der Waals surface area contributed by atoms with E-state index in [1.165, 1.54) is 18.2 Å². The average Bonchev–Trinajstić information content (AvgIpc) is 2.44. The first-order valence-corrected chi connectivity index (χ1v) is 6.86. The highest BCUT2D eigenvalue weighted by atomic mass is 19.1. The molecule has 1 aromatic carbocycles. The molecule has 0 aliphatic carbocycles. The Morgan fingerprint density at radius 3 is 2.29 bits per heavy atom. The number of hydrogen-bond acceptors (Lipinski definition) is 4. The van der Waals surface area contributed by atoms with Crippen LogP contribution >= 0.6 is 0 Å². The minimum absolute atomic E-state index is 0.207. The van der Waals surface area contributed by atoms with E-state index in [0.717, 1.165) is 18.9 Å². The Kier molecular flexibility index (Phi) is 4.67. The molecule has 0 fully saturated rings. The lowest BCUT2D eigenvalue weighted by molar-refractivity contribution is 0.590. The fraction of sp³-hybridized carbons (Fsp3) is 0.333. The summed E-state index contributed by atoms with van der Waals surface area (Å²) in [5.41, 5.74) is -0.207. The zero-order valence-corrected chi connectivity index (χ0v) is 12.3. The number of aryl methyl sites for hydroxylation is 1. The van der Waals surface area contributed by atoms with Crippen LogP contribution in [-0.2, 0) is 0 Å². The minimum atomic E-state index is -0.657. The van der Waals surface area contributed by atoms with Crippen LogP contribution in [0.3, 0.4) is 0 Å². The van der Waals surface area contributed by atoms with Crippen LogP contribution < -0.4 is 10.2 Å². The summed E-state index contributed by atoms with van der Waals surface area (Å²) < 4.78 is 27.3. The van der Waals surface area contributed by atoms with Gasteiger partial charge in [0.1, 0.15) is 34.8 Å². The van der Waals surface area contributed by atoms with Crippen LogP contribution in [0.5, 0.6) is 0 Å². The van der Waals surface area contributed by atoms with Gasteiger partial charge in [-0.3, -0.25) is 0 Å². The van der Waals surface area contributed by atoms with E-state index < -0.39 is 11.6 Å². The smallest absolute Gasteiger partial charge is 0.149 e. The van der Waals surface area contributed by atoms with Crippen molar-refractivity contribution in [1.29, 1.82) is 0 Å².